The lowest BCUT2D eigenvalue weighted by atomic mass is 9.75. The number of nitrogens with zero attached hydrogens (tertiary/aromatic N) is 1. The molecule has 1 aromatic carbocycles. The summed E-state index contributed by atoms with van der Waals surface area (Å²) < 4.78 is 51.7. The number of hydrogen-bond donors (Lipinski definition) is 0. The molecular formula is C32H43NO9S2. The second-order valence-corrected chi connectivity index (χ2v) is 16.0. The van der Waals surface area contributed by atoms with Crippen LogP contribution in [0.15, 0.2) is 45.8 Å². The molecule has 0 radical (unpaired) electrons. The van der Waals surface area contributed by atoms with Gasteiger partial charge in [-0.3, -0.25) is 9.59 Å². The lowest BCUT2D eigenvalue weighted by molar-refractivity contribution is -0.194. The van der Waals surface area contributed by atoms with E-state index in [4.69, 9.17) is 18.9 Å². The summed E-state index contributed by atoms with van der Waals surface area (Å²) in [6.45, 7) is 11.3. The molecule has 10 nitrogen and oxygen atoms in total. The largest absolute Gasteiger partial charge is 0.466 e. The van der Waals surface area contributed by atoms with Gasteiger partial charge in [0.2, 0.25) is 6.29 Å². The fraction of sp³-hybridized carbons (Fsp3) is 0.656. The summed E-state index contributed by atoms with van der Waals surface area (Å²) in [6.07, 6.45) is 1.19. The first-order valence-corrected chi connectivity index (χ1v) is 17.8. The van der Waals surface area contributed by atoms with Crippen LogP contribution < -0.4 is 0 Å². The summed E-state index contributed by atoms with van der Waals surface area (Å²) in [4.78, 5) is 41.7. The van der Waals surface area contributed by atoms with Gasteiger partial charge in [-0.15, -0.1) is 11.8 Å². The van der Waals surface area contributed by atoms with Crippen molar-refractivity contribution in [1.82, 2.24) is 4.90 Å². The number of benzene rings is 1. The number of esters is 3. The van der Waals surface area contributed by atoms with Crippen LogP contribution in [0.5, 0.6) is 0 Å². The molecule has 3 fully saturated rings. The van der Waals surface area contributed by atoms with E-state index in [2.05, 4.69) is 20.8 Å². The van der Waals surface area contributed by atoms with E-state index in [1.165, 1.54) is 30.8 Å². The molecule has 242 valence electrons. The highest BCUT2D eigenvalue weighted by molar-refractivity contribution is 8.05. The third kappa shape index (κ3) is 5.34. The molecule has 1 saturated carbocycles. The van der Waals surface area contributed by atoms with Gasteiger partial charge in [-0.25, -0.2) is 13.2 Å². The Hall–Kier alpha value is -2.57. The molecular weight excluding hydrogens is 606 g/mol. The maximum atomic E-state index is 15.1. The molecule has 0 aromatic heterocycles. The molecule has 1 aliphatic carbocycles. The predicted molar refractivity (Wildman–Crippen MR) is 164 cm³/mol. The van der Waals surface area contributed by atoms with E-state index in [1.807, 2.05) is 0 Å². The number of fused-ring (bicyclic) bond motifs is 3. The van der Waals surface area contributed by atoms with Crippen LogP contribution in [0.25, 0.3) is 0 Å². The van der Waals surface area contributed by atoms with E-state index in [-0.39, 0.29) is 36.0 Å². The van der Waals surface area contributed by atoms with Crippen molar-refractivity contribution in [3.63, 3.8) is 0 Å². The van der Waals surface area contributed by atoms with Gasteiger partial charge in [0.15, 0.2) is 14.6 Å². The van der Waals surface area contributed by atoms with Crippen LogP contribution in [0, 0.1) is 23.7 Å². The maximum absolute atomic E-state index is 15.1. The number of carbonyl (C=O) groups excluding carboxylic acids is 3. The molecule has 2 saturated heterocycles. The van der Waals surface area contributed by atoms with Gasteiger partial charge in [-0.05, 0) is 56.6 Å². The first kappa shape index (κ1) is 32.8. The van der Waals surface area contributed by atoms with Gasteiger partial charge in [-0.1, -0.05) is 45.4 Å². The third-order valence-electron chi connectivity index (χ3n) is 9.57. The van der Waals surface area contributed by atoms with E-state index in [0.717, 1.165) is 17.7 Å². The highest BCUT2D eigenvalue weighted by Crippen LogP contribution is 2.63. The van der Waals surface area contributed by atoms with Gasteiger partial charge < -0.3 is 23.8 Å². The predicted octanol–water partition coefficient (Wildman–Crippen LogP) is 4.68. The van der Waals surface area contributed by atoms with Crippen molar-refractivity contribution in [2.24, 2.45) is 23.7 Å². The Morgan fingerprint density at radius 1 is 1.16 bits per heavy atom. The van der Waals surface area contributed by atoms with Crippen molar-refractivity contribution in [3.8, 4) is 0 Å². The number of allylic oxidation sites excluding steroid dienone is 1. The van der Waals surface area contributed by atoms with Crippen molar-refractivity contribution in [1.29, 1.82) is 0 Å². The number of carbonyl (C=O) groups is 3. The lowest BCUT2D eigenvalue weighted by Gasteiger charge is -2.42. The summed E-state index contributed by atoms with van der Waals surface area (Å²) in [7, 11) is -4.39. The third-order valence-corrected chi connectivity index (χ3v) is 13.8. The van der Waals surface area contributed by atoms with Crippen molar-refractivity contribution >= 4 is 39.5 Å². The van der Waals surface area contributed by atoms with Crippen LogP contribution in [-0.4, -0.2) is 73.0 Å². The minimum absolute atomic E-state index is 0.0189. The molecule has 3 aliphatic heterocycles. The molecule has 1 aromatic rings. The van der Waals surface area contributed by atoms with Gasteiger partial charge >= 0.3 is 17.9 Å². The summed E-state index contributed by atoms with van der Waals surface area (Å²) in [5.41, 5.74) is 0.639. The van der Waals surface area contributed by atoms with Crippen LogP contribution in [0.4, 0.5) is 0 Å². The van der Waals surface area contributed by atoms with Gasteiger partial charge in [-0.2, -0.15) is 0 Å². The monoisotopic (exact) mass is 649 g/mol. The standard InChI is InChI=1S/C32H43NO9S2/c1-7-39-29(36)27-26-28(35)42-31(41-24-17-19(4)13-14-23(24)18(2)3)32(26,44(37,38)22-11-9-8-10-12-22)30-33(27)20(5)25(43-30)15-16-40-21(6)34/h8-12,18-19,23-24,26-27,30-31H,7,13-17H2,1-6H3/t19-,23+,24-,26+,27+,30-,31+,32+/m1/s1. The molecule has 44 heavy (non-hydrogen) atoms. The molecule has 5 rings (SSSR count). The van der Waals surface area contributed by atoms with Crippen LogP contribution in [0.1, 0.15) is 67.2 Å². The zero-order valence-corrected chi connectivity index (χ0v) is 27.8. The highest BCUT2D eigenvalue weighted by Gasteiger charge is 2.81. The summed E-state index contributed by atoms with van der Waals surface area (Å²) in [5, 5.41) is -0.936. The highest BCUT2D eigenvalue weighted by atomic mass is 32.2. The average Bonchev–Trinajstić information content (AvgIpc) is 3.55. The number of sulfone groups is 1. The lowest BCUT2D eigenvalue weighted by Crippen LogP contribution is -2.58. The molecule has 0 spiro atoms. The molecule has 8 atom stereocenters. The van der Waals surface area contributed by atoms with E-state index in [9.17, 15) is 14.4 Å². The minimum atomic E-state index is -4.39. The van der Waals surface area contributed by atoms with Crippen LogP contribution in [0.2, 0.25) is 0 Å². The zero-order valence-electron chi connectivity index (χ0n) is 26.2. The number of hydrogen-bond acceptors (Lipinski definition) is 11. The maximum Gasteiger partial charge on any atom is 0.329 e. The molecule has 12 heteroatoms. The normalized spacial score (nSPS) is 33.3. The number of thioether (sulfide) groups is 1. The van der Waals surface area contributed by atoms with E-state index >= 15 is 8.42 Å². The Bertz CT molecular complexity index is 1410. The number of rotatable bonds is 10. The smallest absolute Gasteiger partial charge is 0.329 e. The fourth-order valence-electron chi connectivity index (χ4n) is 7.47. The van der Waals surface area contributed by atoms with Crippen LogP contribution >= 0.6 is 11.8 Å². The van der Waals surface area contributed by atoms with Gasteiger partial charge in [0, 0.05) is 23.9 Å². The summed E-state index contributed by atoms with van der Waals surface area (Å²) >= 11 is 1.27. The van der Waals surface area contributed by atoms with E-state index in [1.54, 1.807) is 36.9 Å². The Morgan fingerprint density at radius 3 is 2.50 bits per heavy atom. The van der Waals surface area contributed by atoms with Gasteiger partial charge in [0.25, 0.3) is 0 Å². The molecule has 0 unspecified atom stereocenters. The average molecular weight is 650 g/mol. The molecule has 0 amide bonds. The Balaban J connectivity index is 1.68. The van der Waals surface area contributed by atoms with Crippen molar-refractivity contribution in [2.45, 2.75) is 101 Å². The summed E-state index contributed by atoms with van der Waals surface area (Å²) in [6, 6.07) is 6.75. The molecule has 4 aliphatic rings. The van der Waals surface area contributed by atoms with E-state index < -0.39 is 56.1 Å². The van der Waals surface area contributed by atoms with Gasteiger partial charge in [0.05, 0.1) is 24.2 Å². The fourth-order valence-corrected chi connectivity index (χ4v) is 11.8. The Morgan fingerprint density at radius 2 is 1.86 bits per heavy atom. The zero-order chi connectivity index (χ0) is 32.0. The SMILES string of the molecule is CCOC(=O)[C@@H]1[C@H]2C(=O)O[C@H](O[C@@H]3C[C@H](C)CC[C@H]3C(C)C)[C@@]2(S(=O)(=O)c2ccccc2)[C@H]2SC(CCOC(C)=O)=C(C)N12. The Labute approximate surface area is 264 Å². The minimum Gasteiger partial charge on any atom is -0.466 e. The van der Waals surface area contributed by atoms with Crippen molar-refractivity contribution < 1.29 is 41.7 Å². The first-order chi connectivity index (χ1) is 20.9. The second kappa shape index (κ2) is 12.7. The molecule has 3 heterocycles. The van der Waals surface area contributed by atoms with Crippen LogP contribution in [0.3, 0.4) is 0 Å². The van der Waals surface area contributed by atoms with Crippen LogP contribution in [-0.2, 0) is 43.2 Å². The quantitative estimate of drug-likeness (QED) is 0.259. The summed E-state index contributed by atoms with van der Waals surface area (Å²) in [5.74, 6) is -2.53. The van der Waals surface area contributed by atoms with Crippen molar-refractivity contribution in [3.05, 3.63) is 40.9 Å². The molecule has 0 N–H and O–H groups in total. The second-order valence-electron chi connectivity index (χ2n) is 12.6. The topological polar surface area (TPSA) is 126 Å². The van der Waals surface area contributed by atoms with Gasteiger partial charge in [0.1, 0.15) is 17.3 Å². The molecule has 0 bridgehead atoms. The number of cyclic esters (lactones) is 1. The van der Waals surface area contributed by atoms with Crippen molar-refractivity contribution in [2.75, 3.05) is 13.2 Å². The number of ether oxygens (including phenoxy) is 4. The first-order valence-electron chi connectivity index (χ1n) is 15.5. The Kier molecular flexibility index (Phi) is 9.45. The van der Waals surface area contributed by atoms with E-state index in [0.29, 0.717) is 24.5 Å².